The minimum absolute atomic E-state index is 0.00670. The summed E-state index contributed by atoms with van der Waals surface area (Å²) in [6.45, 7) is 3.15. The van der Waals surface area contributed by atoms with Crippen LogP contribution in [-0.2, 0) is 32.9 Å². The van der Waals surface area contributed by atoms with E-state index in [0.717, 1.165) is 30.5 Å². The number of hydrogen-bond donors (Lipinski definition) is 1. The Morgan fingerprint density at radius 1 is 1.23 bits per heavy atom. The van der Waals surface area contributed by atoms with Crippen LogP contribution in [0.4, 0.5) is 0 Å². The highest BCUT2D eigenvalue weighted by Crippen LogP contribution is 2.47. The summed E-state index contributed by atoms with van der Waals surface area (Å²) in [4.78, 5) is 17.8. The van der Waals surface area contributed by atoms with Crippen LogP contribution in [0.1, 0.15) is 30.0 Å². The highest BCUT2D eigenvalue weighted by atomic mass is 32.2. The van der Waals surface area contributed by atoms with Gasteiger partial charge < -0.3 is 14.9 Å². The first kappa shape index (κ1) is 21.8. The van der Waals surface area contributed by atoms with Crippen molar-refractivity contribution in [3.63, 3.8) is 0 Å². The molecule has 2 bridgehead atoms. The monoisotopic (exact) mass is 442 g/mol. The summed E-state index contributed by atoms with van der Waals surface area (Å²) in [7, 11) is 0.728. The fraction of sp³-hybridized carbons (Fsp3) is 0.458. The smallest absolute Gasteiger partial charge is 0.227 e. The minimum atomic E-state index is -3.26. The second kappa shape index (κ2) is 7.64. The van der Waals surface area contributed by atoms with E-state index in [2.05, 4.69) is 18.9 Å². The van der Waals surface area contributed by atoms with Crippen molar-refractivity contribution in [3.05, 3.63) is 59.2 Å². The van der Waals surface area contributed by atoms with E-state index in [0.29, 0.717) is 0 Å². The molecule has 166 valence electrons. The first-order valence-electron chi connectivity index (χ1n) is 10.6. The van der Waals surface area contributed by atoms with Gasteiger partial charge in [-0.3, -0.25) is 4.79 Å². The van der Waals surface area contributed by atoms with Gasteiger partial charge in [-0.2, -0.15) is 0 Å². The number of carbonyl (C=O) groups is 1. The summed E-state index contributed by atoms with van der Waals surface area (Å²) >= 11 is 0. The van der Waals surface area contributed by atoms with E-state index < -0.39 is 9.84 Å². The lowest BCUT2D eigenvalue weighted by Crippen LogP contribution is -2.67. The fourth-order valence-corrected chi connectivity index (χ4v) is 6.07. The molecule has 0 saturated carbocycles. The zero-order valence-corrected chi connectivity index (χ0v) is 19.3. The van der Waals surface area contributed by atoms with Crippen molar-refractivity contribution < 1.29 is 18.3 Å². The predicted molar refractivity (Wildman–Crippen MR) is 120 cm³/mol. The lowest BCUT2D eigenvalue weighted by molar-refractivity contribution is -0.136. The number of piperidine rings is 1. The first-order chi connectivity index (χ1) is 14.5. The molecule has 1 aliphatic heterocycles. The number of carbonyl (C=O) groups excluding carboxylic acids is 1. The highest BCUT2D eigenvalue weighted by Gasteiger charge is 2.52. The number of aromatic hydroxyl groups is 1. The summed E-state index contributed by atoms with van der Waals surface area (Å²) < 4.78 is 23.4. The van der Waals surface area contributed by atoms with Crippen LogP contribution in [0, 0.1) is 0 Å². The van der Waals surface area contributed by atoms with Crippen LogP contribution < -0.4 is 0 Å². The molecule has 2 aliphatic rings. The van der Waals surface area contributed by atoms with Crippen molar-refractivity contribution in [3.8, 4) is 5.75 Å². The zero-order valence-electron chi connectivity index (χ0n) is 18.5. The molecule has 1 saturated heterocycles. The molecule has 6 nitrogen and oxygen atoms in total. The molecule has 3 atom stereocenters. The van der Waals surface area contributed by atoms with Gasteiger partial charge in [-0.05, 0) is 67.4 Å². The number of amides is 1. The molecule has 1 amide bonds. The third-order valence-corrected chi connectivity index (χ3v) is 8.35. The molecule has 7 heteroatoms. The van der Waals surface area contributed by atoms with Gasteiger partial charge in [-0.1, -0.05) is 25.1 Å². The molecule has 1 N–H and O–H groups in total. The van der Waals surface area contributed by atoms with Crippen LogP contribution >= 0.6 is 0 Å². The SMILES string of the molecule is CN1CC[C@@]2(C)c3cc(O)ccc3C[C@@H]1[C@@H]2N(C)C(=O)Cc1ccc(S(C)(=O)=O)cc1. The molecule has 31 heavy (non-hydrogen) atoms. The van der Waals surface area contributed by atoms with Crippen molar-refractivity contribution in [1.29, 1.82) is 0 Å². The summed E-state index contributed by atoms with van der Waals surface area (Å²) in [6, 6.07) is 12.4. The lowest BCUT2D eigenvalue weighted by atomic mass is 9.61. The van der Waals surface area contributed by atoms with Crippen LogP contribution in [0.3, 0.4) is 0 Å². The van der Waals surface area contributed by atoms with Crippen molar-refractivity contribution in [2.45, 2.75) is 48.6 Å². The summed E-state index contributed by atoms with van der Waals surface area (Å²) in [5, 5.41) is 10.1. The average molecular weight is 443 g/mol. The number of fused-ring (bicyclic) bond motifs is 4. The molecule has 4 rings (SSSR count). The Balaban J connectivity index is 1.62. The number of hydrogen-bond acceptors (Lipinski definition) is 5. The van der Waals surface area contributed by atoms with E-state index in [-0.39, 0.29) is 40.5 Å². The van der Waals surface area contributed by atoms with E-state index in [9.17, 15) is 18.3 Å². The largest absolute Gasteiger partial charge is 0.508 e. The summed E-state index contributed by atoms with van der Waals surface area (Å²) in [6.07, 6.45) is 3.14. The van der Waals surface area contributed by atoms with Crippen molar-refractivity contribution >= 4 is 15.7 Å². The molecule has 0 radical (unpaired) electrons. The van der Waals surface area contributed by atoms with Gasteiger partial charge in [0.05, 0.1) is 17.4 Å². The fourth-order valence-electron chi connectivity index (χ4n) is 5.44. The highest BCUT2D eigenvalue weighted by molar-refractivity contribution is 7.90. The molecular weight excluding hydrogens is 412 g/mol. The molecule has 2 aromatic rings. The topological polar surface area (TPSA) is 77.9 Å². The van der Waals surface area contributed by atoms with Gasteiger partial charge in [0.15, 0.2) is 9.84 Å². The molecule has 2 aromatic carbocycles. The molecule has 1 aliphatic carbocycles. The molecule has 1 heterocycles. The molecule has 0 aromatic heterocycles. The first-order valence-corrected chi connectivity index (χ1v) is 12.5. The molecule has 0 unspecified atom stereocenters. The Kier molecular flexibility index (Phi) is 5.38. The normalized spacial score (nSPS) is 25.7. The number of benzene rings is 2. The van der Waals surface area contributed by atoms with Gasteiger partial charge in [0, 0.05) is 24.8 Å². The van der Waals surface area contributed by atoms with E-state index in [1.165, 1.54) is 11.8 Å². The lowest BCUT2D eigenvalue weighted by Gasteiger charge is -2.57. The minimum Gasteiger partial charge on any atom is -0.508 e. The van der Waals surface area contributed by atoms with Crippen molar-refractivity contribution in [1.82, 2.24) is 9.80 Å². The van der Waals surface area contributed by atoms with Crippen LogP contribution in [0.15, 0.2) is 47.4 Å². The number of phenolic OH excluding ortho intramolecular Hbond substituents is 1. The molecule has 1 fully saturated rings. The zero-order chi connectivity index (χ0) is 22.6. The second-order valence-electron chi connectivity index (χ2n) is 9.30. The number of rotatable bonds is 4. The van der Waals surface area contributed by atoms with E-state index in [1.54, 1.807) is 30.3 Å². The predicted octanol–water partition coefficient (Wildman–Crippen LogP) is 2.38. The summed E-state index contributed by atoms with van der Waals surface area (Å²) in [5.74, 6) is 0.267. The van der Waals surface area contributed by atoms with E-state index in [1.807, 2.05) is 24.1 Å². The Morgan fingerprint density at radius 2 is 1.90 bits per heavy atom. The third-order valence-electron chi connectivity index (χ3n) is 7.22. The molecule has 0 spiro atoms. The Labute approximate surface area is 184 Å². The number of likely N-dealkylation sites (N-methyl/N-ethyl adjacent to an activating group) is 2. The number of phenols is 1. The number of sulfone groups is 1. The maximum Gasteiger partial charge on any atom is 0.227 e. The Hall–Kier alpha value is -2.38. The van der Waals surface area contributed by atoms with E-state index in [4.69, 9.17) is 0 Å². The standard InChI is InChI=1S/C24H30N2O4S/c1-24-11-12-25(2)21(14-17-7-8-18(27)15-20(17)24)23(24)26(3)22(28)13-16-5-9-19(10-6-16)31(4,29)30/h5-10,15,21,23,27H,11-14H2,1-4H3/t21-,23+,24+/m1/s1. The second-order valence-corrected chi connectivity index (χ2v) is 11.3. The molecular formula is C24H30N2O4S. The van der Waals surface area contributed by atoms with E-state index >= 15 is 0 Å². The third kappa shape index (κ3) is 3.85. The number of nitrogens with zero attached hydrogens (tertiary/aromatic N) is 2. The van der Waals surface area contributed by atoms with Gasteiger partial charge in [0.2, 0.25) is 5.91 Å². The van der Waals surface area contributed by atoms with Gasteiger partial charge >= 0.3 is 0 Å². The van der Waals surface area contributed by atoms with Gasteiger partial charge in [0.25, 0.3) is 0 Å². The maximum absolute atomic E-state index is 13.3. The van der Waals surface area contributed by atoms with Crippen LogP contribution in [0.2, 0.25) is 0 Å². The quantitative estimate of drug-likeness (QED) is 0.787. The Morgan fingerprint density at radius 3 is 2.55 bits per heavy atom. The number of likely N-dealkylation sites (tertiary alicyclic amines) is 1. The average Bonchev–Trinajstić information content (AvgIpc) is 2.71. The van der Waals surface area contributed by atoms with Gasteiger partial charge in [0.1, 0.15) is 5.75 Å². The van der Waals surface area contributed by atoms with Crippen molar-refractivity contribution in [2.24, 2.45) is 0 Å². The summed E-state index contributed by atoms with van der Waals surface area (Å²) in [5.41, 5.74) is 2.93. The van der Waals surface area contributed by atoms with Gasteiger partial charge in [-0.25, -0.2) is 8.42 Å². The van der Waals surface area contributed by atoms with Crippen LogP contribution in [0.5, 0.6) is 5.75 Å². The maximum atomic E-state index is 13.3. The van der Waals surface area contributed by atoms with Crippen LogP contribution in [-0.4, -0.2) is 68.2 Å². The van der Waals surface area contributed by atoms with Gasteiger partial charge in [-0.15, -0.1) is 0 Å². The Bertz CT molecular complexity index is 1110. The van der Waals surface area contributed by atoms with Crippen molar-refractivity contribution in [2.75, 3.05) is 26.9 Å². The van der Waals surface area contributed by atoms with Crippen LogP contribution in [0.25, 0.3) is 0 Å².